The first kappa shape index (κ1) is 29.5. The highest BCUT2D eigenvalue weighted by Crippen LogP contribution is 2.33. The molecular weight excluding hydrogens is 534 g/mol. The summed E-state index contributed by atoms with van der Waals surface area (Å²) in [5.74, 6) is 0.692. The minimum atomic E-state index is -0.858. The van der Waals surface area contributed by atoms with Gasteiger partial charge in [0.1, 0.15) is 0 Å². The molecule has 12 nitrogen and oxygen atoms in total. The van der Waals surface area contributed by atoms with E-state index in [4.69, 9.17) is 4.42 Å². The molecule has 2 aliphatic rings. The standard InChI is InChI=1S/C30H41N9O3/c1-29(2,3)27-36-35-26(42-27)25(40)34-23-11-13-39(18-30(4,5)41)16-20-14-19(8-9-22(20)23)24-10-12-31-28(38(24)7)33-21-15-32-37(6)17-21/h8-10,12,14-15,17,23-24,41H,11,13,16,18H2,1-7H3,(H,31,33)(H,34,40)/t23-,24?/m0/s1. The molecule has 0 saturated carbocycles. The SMILES string of the molecule is CN1C(Nc2cnn(C)c2)=NC=CC1c1ccc2c(c1)CN(CC(C)(C)O)CC[C@@H]2NC(=O)c1nnc(C(C)(C)C)o1. The molecule has 4 heterocycles. The van der Waals surface area contributed by atoms with Gasteiger partial charge in [-0.05, 0) is 43.0 Å². The van der Waals surface area contributed by atoms with E-state index in [-0.39, 0.29) is 23.4 Å². The van der Waals surface area contributed by atoms with E-state index in [1.807, 2.05) is 61.1 Å². The van der Waals surface area contributed by atoms with Crippen LogP contribution in [0.15, 0.2) is 52.3 Å². The van der Waals surface area contributed by atoms with E-state index in [1.165, 1.54) is 0 Å². The third-order valence-corrected chi connectivity index (χ3v) is 7.37. The molecule has 0 bridgehead atoms. The maximum absolute atomic E-state index is 13.2. The number of amides is 1. The molecule has 224 valence electrons. The van der Waals surface area contributed by atoms with Crippen LogP contribution in [0.25, 0.3) is 0 Å². The van der Waals surface area contributed by atoms with Gasteiger partial charge in [0.2, 0.25) is 11.9 Å². The summed E-state index contributed by atoms with van der Waals surface area (Å²) in [5, 5.41) is 29.4. The monoisotopic (exact) mass is 575 g/mol. The van der Waals surface area contributed by atoms with Crippen LogP contribution in [0.3, 0.4) is 0 Å². The van der Waals surface area contributed by atoms with Crippen LogP contribution < -0.4 is 10.6 Å². The summed E-state index contributed by atoms with van der Waals surface area (Å²) in [5.41, 5.74) is 2.86. The van der Waals surface area contributed by atoms with Crippen molar-refractivity contribution in [2.75, 3.05) is 25.5 Å². The fourth-order valence-electron chi connectivity index (χ4n) is 5.36. The molecule has 0 spiro atoms. The van der Waals surface area contributed by atoms with Crippen molar-refractivity contribution in [2.45, 2.75) is 70.7 Å². The normalized spacial score (nSPS) is 19.7. The highest BCUT2D eigenvalue weighted by molar-refractivity contribution is 5.94. The summed E-state index contributed by atoms with van der Waals surface area (Å²) in [7, 11) is 3.87. The number of β-amino-alcohol motifs (C(OH)–C–C–N with tert-alkyl or cyclic N) is 1. The van der Waals surface area contributed by atoms with Crippen molar-refractivity contribution >= 4 is 17.6 Å². The molecular formula is C30H41N9O3. The quantitative estimate of drug-likeness (QED) is 0.403. The lowest BCUT2D eigenvalue weighted by atomic mass is 9.94. The molecule has 0 fully saturated rings. The van der Waals surface area contributed by atoms with Gasteiger partial charge in [-0.25, -0.2) is 4.99 Å². The van der Waals surface area contributed by atoms with Gasteiger partial charge in [-0.1, -0.05) is 39.0 Å². The van der Waals surface area contributed by atoms with E-state index in [9.17, 15) is 9.90 Å². The number of likely N-dealkylation sites (N-methyl/N-ethyl adjacent to an activating group) is 1. The van der Waals surface area contributed by atoms with Crippen LogP contribution >= 0.6 is 0 Å². The third kappa shape index (κ3) is 6.71. The van der Waals surface area contributed by atoms with Crippen LogP contribution in [0, 0.1) is 0 Å². The summed E-state index contributed by atoms with van der Waals surface area (Å²) in [6.45, 7) is 11.4. The lowest BCUT2D eigenvalue weighted by molar-refractivity contribution is 0.0333. The number of aliphatic hydroxyl groups is 1. The molecule has 2 atom stereocenters. The van der Waals surface area contributed by atoms with Gasteiger partial charge >= 0.3 is 11.8 Å². The Morgan fingerprint density at radius 2 is 1.95 bits per heavy atom. The molecule has 3 aromatic rings. The smallest absolute Gasteiger partial charge is 0.309 e. The van der Waals surface area contributed by atoms with Gasteiger partial charge in [-0.15, -0.1) is 10.2 Å². The lowest BCUT2D eigenvalue weighted by Crippen LogP contribution is -2.38. The molecule has 3 N–H and O–H groups in total. The van der Waals surface area contributed by atoms with E-state index in [1.54, 1.807) is 10.9 Å². The molecule has 42 heavy (non-hydrogen) atoms. The number of carbonyl (C=O) groups is 1. The highest BCUT2D eigenvalue weighted by atomic mass is 16.4. The summed E-state index contributed by atoms with van der Waals surface area (Å²) in [6, 6.07) is 6.08. The van der Waals surface area contributed by atoms with E-state index >= 15 is 0 Å². The first-order valence-electron chi connectivity index (χ1n) is 14.2. The van der Waals surface area contributed by atoms with Crippen molar-refractivity contribution in [1.29, 1.82) is 0 Å². The Balaban J connectivity index is 1.41. The molecule has 12 heteroatoms. The molecule has 2 aliphatic heterocycles. The summed E-state index contributed by atoms with van der Waals surface area (Å²) in [4.78, 5) is 22.1. The predicted molar refractivity (Wildman–Crippen MR) is 160 cm³/mol. The van der Waals surface area contributed by atoms with Crippen molar-refractivity contribution in [2.24, 2.45) is 12.0 Å². The van der Waals surface area contributed by atoms with Crippen LogP contribution in [0.2, 0.25) is 0 Å². The van der Waals surface area contributed by atoms with E-state index in [2.05, 4.69) is 65.0 Å². The zero-order valence-corrected chi connectivity index (χ0v) is 25.4. The number of aryl methyl sites for hydroxylation is 1. The van der Waals surface area contributed by atoms with Crippen LogP contribution in [0.1, 0.15) is 86.4 Å². The maximum atomic E-state index is 13.2. The maximum Gasteiger partial charge on any atom is 0.309 e. The van der Waals surface area contributed by atoms with Gasteiger partial charge < -0.3 is 25.1 Å². The number of nitrogens with one attached hydrogen (secondary N) is 2. The molecule has 0 radical (unpaired) electrons. The first-order valence-corrected chi connectivity index (χ1v) is 14.2. The Morgan fingerprint density at radius 3 is 2.62 bits per heavy atom. The number of fused-ring (bicyclic) bond motifs is 1. The molecule has 2 aromatic heterocycles. The van der Waals surface area contributed by atoms with E-state index in [0.29, 0.717) is 37.9 Å². The zero-order chi connectivity index (χ0) is 30.2. The number of hydrogen-bond acceptors (Lipinski definition) is 10. The summed E-state index contributed by atoms with van der Waals surface area (Å²) in [6.07, 6.45) is 8.20. The van der Waals surface area contributed by atoms with E-state index < -0.39 is 11.5 Å². The van der Waals surface area contributed by atoms with Crippen LogP contribution in [0.4, 0.5) is 5.69 Å². The summed E-state index contributed by atoms with van der Waals surface area (Å²) < 4.78 is 7.45. The van der Waals surface area contributed by atoms with Gasteiger partial charge in [0.25, 0.3) is 0 Å². The molecule has 1 aromatic carbocycles. The highest BCUT2D eigenvalue weighted by Gasteiger charge is 2.31. The second-order valence-electron chi connectivity index (χ2n) is 12.8. The number of aromatic nitrogens is 4. The zero-order valence-electron chi connectivity index (χ0n) is 25.4. The Bertz CT molecular complexity index is 1490. The number of hydrogen-bond donors (Lipinski definition) is 3. The minimum Gasteiger partial charge on any atom is -0.416 e. The molecule has 1 unspecified atom stereocenters. The van der Waals surface area contributed by atoms with E-state index in [0.717, 1.165) is 22.4 Å². The largest absolute Gasteiger partial charge is 0.416 e. The predicted octanol–water partition coefficient (Wildman–Crippen LogP) is 3.52. The fraction of sp³-hybridized carbons (Fsp3) is 0.500. The summed E-state index contributed by atoms with van der Waals surface area (Å²) >= 11 is 0. The van der Waals surface area contributed by atoms with Crippen LogP contribution in [-0.4, -0.2) is 72.5 Å². The number of benzene rings is 1. The lowest BCUT2D eigenvalue weighted by Gasteiger charge is -2.32. The Morgan fingerprint density at radius 1 is 1.17 bits per heavy atom. The number of guanidine groups is 1. The van der Waals surface area contributed by atoms with Crippen molar-refractivity contribution in [1.82, 2.24) is 35.1 Å². The molecule has 5 rings (SSSR count). The topological polar surface area (TPSA) is 137 Å². The van der Waals surface area contributed by atoms with Crippen LogP contribution in [-0.2, 0) is 19.0 Å². The van der Waals surface area contributed by atoms with Crippen molar-refractivity contribution in [3.63, 3.8) is 0 Å². The van der Waals surface area contributed by atoms with Crippen LogP contribution in [0.5, 0.6) is 0 Å². The average Bonchev–Trinajstić information content (AvgIpc) is 3.53. The first-order chi connectivity index (χ1) is 19.8. The average molecular weight is 576 g/mol. The van der Waals surface area contributed by atoms with Gasteiger partial charge in [0.15, 0.2) is 0 Å². The second kappa shape index (κ2) is 11.3. The number of nitrogens with zero attached hydrogens (tertiary/aromatic N) is 7. The molecule has 0 aliphatic carbocycles. The third-order valence-electron chi connectivity index (χ3n) is 7.37. The molecule has 0 saturated heterocycles. The number of rotatable bonds is 6. The van der Waals surface area contributed by atoms with Gasteiger partial charge in [-0.3, -0.25) is 14.4 Å². The fourth-order valence-corrected chi connectivity index (χ4v) is 5.36. The Labute approximate surface area is 246 Å². The number of carbonyl (C=O) groups excluding carboxylic acids is 1. The molecule has 1 amide bonds. The van der Waals surface area contributed by atoms with Crippen molar-refractivity contribution in [3.05, 3.63) is 71.3 Å². The Kier molecular flexibility index (Phi) is 7.95. The minimum absolute atomic E-state index is 0.0439. The van der Waals surface area contributed by atoms with Gasteiger partial charge in [0, 0.05) is 51.5 Å². The second-order valence-corrected chi connectivity index (χ2v) is 12.8. The van der Waals surface area contributed by atoms with Gasteiger partial charge in [-0.2, -0.15) is 5.10 Å². The van der Waals surface area contributed by atoms with Gasteiger partial charge in [0.05, 0.1) is 29.6 Å². The Hall–Kier alpha value is -4.03. The number of aliphatic imine (C=N–C) groups is 1. The van der Waals surface area contributed by atoms with Crippen molar-refractivity contribution in [3.8, 4) is 0 Å². The number of anilines is 1. The van der Waals surface area contributed by atoms with Crippen molar-refractivity contribution < 1.29 is 14.3 Å².